The zero-order chi connectivity index (χ0) is 20.5. The van der Waals surface area contributed by atoms with Gasteiger partial charge in [-0.2, -0.15) is 0 Å². The first-order chi connectivity index (χ1) is 14.0. The number of rotatable bonds is 5. The molecule has 7 heteroatoms. The molecule has 2 N–H and O–H groups in total. The number of aromatic nitrogens is 2. The second-order valence-electron chi connectivity index (χ2n) is 6.84. The fourth-order valence-electron chi connectivity index (χ4n) is 3.35. The molecule has 2 aromatic carbocycles. The smallest absolute Gasteiger partial charge is 0.348 e. The topological polar surface area (TPSA) is 84.1 Å². The van der Waals surface area contributed by atoms with Gasteiger partial charge in [0.25, 0.3) is 5.56 Å². The average molecular weight is 407 g/mol. The van der Waals surface area contributed by atoms with Gasteiger partial charge in [0.15, 0.2) is 0 Å². The van der Waals surface area contributed by atoms with Gasteiger partial charge < -0.3 is 15.0 Å². The van der Waals surface area contributed by atoms with Gasteiger partial charge in [-0.3, -0.25) is 4.79 Å². The number of benzene rings is 2. The van der Waals surface area contributed by atoms with Crippen LogP contribution in [0, 0.1) is 6.92 Å². The number of fused-ring (bicyclic) bond motifs is 2. The molecule has 29 heavy (non-hydrogen) atoms. The van der Waals surface area contributed by atoms with Crippen molar-refractivity contribution >= 4 is 44.0 Å². The normalized spacial score (nSPS) is 12.2. The van der Waals surface area contributed by atoms with Gasteiger partial charge in [0.05, 0.1) is 18.0 Å². The van der Waals surface area contributed by atoms with E-state index >= 15 is 0 Å². The molecule has 0 bridgehead atoms. The number of ether oxygens (including phenoxy) is 1. The number of anilines is 1. The highest BCUT2D eigenvalue weighted by molar-refractivity contribution is 7.20. The fraction of sp³-hybridized carbons (Fsp3) is 0.227. The Bertz CT molecular complexity index is 1280. The molecule has 0 aliphatic heterocycles. The zero-order valence-corrected chi connectivity index (χ0v) is 17.2. The summed E-state index contributed by atoms with van der Waals surface area (Å²) in [5, 5.41) is 6.13. The van der Waals surface area contributed by atoms with E-state index in [1.165, 1.54) is 16.7 Å². The second kappa shape index (κ2) is 7.67. The predicted octanol–water partition coefficient (Wildman–Crippen LogP) is 4.80. The van der Waals surface area contributed by atoms with E-state index in [1.54, 1.807) is 13.8 Å². The van der Waals surface area contributed by atoms with Gasteiger partial charge in [-0.25, -0.2) is 9.78 Å². The highest BCUT2D eigenvalue weighted by atomic mass is 32.1. The number of hydrogen-bond donors (Lipinski definition) is 2. The maximum atomic E-state index is 12.7. The number of nitrogens with one attached hydrogen (secondary N) is 2. The molecule has 6 nitrogen and oxygen atoms in total. The number of aromatic amines is 1. The fourth-order valence-corrected chi connectivity index (χ4v) is 4.44. The molecule has 2 aromatic heterocycles. The number of H-pyrrole nitrogens is 1. The van der Waals surface area contributed by atoms with Crippen molar-refractivity contribution in [2.45, 2.75) is 26.8 Å². The number of nitrogens with zero attached hydrogens (tertiary/aromatic N) is 1. The highest BCUT2D eigenvalue weighted by Gasteiger charge is 2.21. The molecule has 0 aliphatic carbocycles. The maximum absolute atomic E-state index is 12.7. The summed E-state index contributed by atoms with van der Waals surface area (Å²) in [6, 6.07) is 14.0. The Morgan fingerprint density at radius 3 is 2.76 bits per heavy atom. The molecule has 2 heterocycles. The Kier molecular flexibility index (Phi) is 5.07. The molecular formula is C22H21N3O3S. The van der Waals surface area contributed by atoms with Crippen molar-refractivity contribution in [3.63, 3.8) is 0 Å². The zero-order valence-electron chi connectivity index (χ0n) is 16.4. The second-order valence-corrected chi connectivity index (χ2v) is 7.84. The van der Waals surface area contributed by atoms with E-state index in [0.717, 1.165) is 11.1 Å². The maximum Gasteiger partial charge on any atom is 0.348 e. The van der Waals surface area contributed by atoms with Gasteiger partial charge in [-0.05, 0) is 49.2 Å². The minimum absolute atomic E-state index is 0.221. The molecule has 0 saturated carbocycles. The van der Waals surface area contributed by atoms with E-state index in [-0.39, 0.29) is 18.2 Å². The molecule has 148 valence electrons. The van der Waals surface area contributed by atoms with Gasteiger partial charge >= 0.3 is 5.97 Å². The first-order valence-corrected chi connectivity index (χ1v) is 10.3. The molecule has 4 aromatic rings. The van der Waals surface area contributed by atoms with Gasteiger partial charge in [0.2, 0.25) is 0 Å². The Morgan fingerprint density at radius 2 is 2.00 bits per heavy atom. The van der Waals surface area contributed by atoms with Crippen LogP contribution < -0.4 is 10.9 Å². The van der Waals surface area contributed by atoms with E-state index in [9.17, 15) is 9.59 Å². The van der Waals surface area contributed by atoms with Crippen LogP contribution in [0.3, 0.4) is 0 Å². The number of aryl methyl sites for hydroxylation is 1. The van der Waals surface area contributed by atoms with Crippen molar-refractivity contribution < 1.29 is 9.53 Å². The Morgan fingerprint density at radius 1 is 1.24 bits per heavy atom. The quantitative estimate of drug-likeness (QED) is 0.465. The Labute approximate surface area is 171 Å². The average Bonchev–Trinajstić information content (AvgIpc) is 3.05. The molecule has 1 atom stereocenters. The minimum Gasteiger partial charge on any atom is -0.462 e. The third-order valence-corrected chi connectivity index (χ3v) is 5.99. The standard InChI is InChI=1S/C22H21N3O3S/c1-4-28-22(27)18-12(2)17-20(26)24-19(25-21(17)29-18)13(3)23-16-10-9-14-7-5-6-8-15(14)11-16/h5-11,13,23H,4H2,1-3H3,(H,24,25,26)/t13-/m0/s1. The number of esters is 1. The van der Waals surface area contributed by atoms with E-state index in [4.69, 9.17) is 4.74 Å². The lowest BCUT2D eigenvalue weighted by atomic mass is 10.1. The molecule has 0 radical (unpaired) electrons. The first-order valence-electron chi connectivity index (χ1n) is 9.43. The van der Waals surface area contributed by atoms with E-state index in [0.29, 0.717) is 26.5 Å². The van der Waals surface area contributed by atoms with Crippen molar-refractivity contribution in [3.8, 4) is 0 Å². The van der Waals surface area contributed by atoms with E-state index < -0.39 is 5.97 Å². The molecule has 0 amide bonds. The van der Waals surface area contributed by atoms with Crippen LogP contribution in [0.15, 0.2) is 47.3 Å². The van der Waals surface area contributed by atoms with Crippen molar-refractivity contribution in [3.05, 3.63) is 69.1 Å². The van der Waals surface area contributed by atoms with Crippen LogP contribution in [-0.4, -0.2) is 22.5 Å². The van der Waals surface area contributed by atoms with Crippen molar-refractivity contribution in [1.82, 2.24) is 9.97 Å². The molecule has 0 saturated heterocycles. The number of hydrogen-bond acceptors (Lipinski definition) is 6. The van der Waals surface area contributed by atoms with Crippen LogP contribution in [0.1, 0.15) is 40.9 Å². The monoisotopic (exact) mass is 407 g/mol. The van der Waals surface area contributed by atoms with Gasteiger partial charge in [-0.15, -0.1) is 11.3 Å². The van der Waals surface area contributed by atoms with E-state index in [1.807, 2.05) is 25.1 Å². The van der Waals surface area contributed by atoms with Crippen LogP contribution in [0.4, 0.5) is 5.69 Å². The van der Waals surface area contributed by atoms with Crippen molar-refractivity contribution in [2.75, 3.05) is 11.9 Å². The summed E-state index contributed by atoms with van der Waals surface area (Å²) < 4.78 is 5.09. The van der Waals surface area contributed by atoms with Crippen LogP contribution in [0.5, 0.6) is 0 Å². The predicted molar refractivity (Wildman–Crippen MR) is 117 cm³/mol. The van der Waals surface area contributed by atoms with E-state index in [2.05, 4.69) is 39.6 Å². The minimum atomic E-state index is -0.420. The summed E-state index contributed by atoms with van der Waals surface area (Å²) in [5.74, 6) is 0.101. The lowest BCUT2D eigenvalue weighted by molar-refractivity contribution is 0.0531. The molecule has 0 fully saturated rings. The summed E-state index contributed by atoms with van der Waals surface area (Å²) in [4.78, 5) is 33.3. The summed E-state index contributed by atoms with van der Waals surface area (Å²) in [7, 11) is 0. The summed E-state index contributed by atoms with van der Waals surface area (Å²) in [5.41, 5.74) is 1.30. The van der Waals surface area contributed by atoms with Crippen LogP contribution in [0.2, 0.25) is 0 Å². The number of carbonyl (C=O) groups is 1. The van der Waals surface area contributed by atoms with Crippen LogP contribution in [0.25, 0.3) is 21.0 Å². The van der Waals surface area contributed by atoms with Crippen LogP contribution >= 0.6 is 11.3 Å². The lowest BCUT2D eigenvalue weighted by Gasteiger charge is -2.15. The van der Waals surface area contributed by atoms with Gasteiger partial charge in [-0.1, -0.05) is 30.3 Å². The molecule has 0 spiro atoms. The molecule has 0 unspecified atom stereocenters. The van der Waals surface area contributed by atoms with Crippen molar-refractivity contribution in [1.29, 1.82) is 0 Å². The third-order valence-electron chi connectivity index (χ3n) is 4.82. The summed E-state index contributed by atoms with van der Waals surface area (Å²) in [6.07, 6.45) is 0. The Hall–Kier alpha value is -3.19. The first kappa shape index (κ1) is 19.1. The number of thiophene rings is 1. The third kappa shape index (κ3) is 3.61. The lowest BCUT2D eigenvalue weighted by Crippen LogP contribution is -2.17. The van der Waals surface area contributed by atoms with Gasteiger partial charge in [0.1, 0.15) is 15.5 Å². The van der Waals surface area contributed by atoms with Gasteiger partial charge in [0, 0.05) is 5.69 Å². The summed E-state index contributed by atoms with van der Waals surface area (Å²) >= 11 is 1.19. The highest BCUT2D eigenvalue weighted by Crippen LogP contribution is 2.29. The summed E-state index contributed by atoms with van der Waals surface area (Å²) in [6.45, 7) is 5.72. The SMILES string of the molecule is CCOC(=O)c1sc2nc([C@H](C)Nc3ccc4ccccc4c3)[nH]c(=O)c2c1C. The molecule has 0 aliphatic rings. The number of carbonyl (C=O) groups excluding carboxylic acids is 1. The van der Waals surface area contributed by atoms with Crippen molar-refractivity contribution in [2.24, 2.45) is 0 Å². The molecular weight excluding hydrogens is 386 g/mol. The Balaban J connectivity index is 1.67. The largest absolute Gasteiger partial charge is 0.462 e. The molecule has 4 rings (SSSR count). The van der Waals surface area contributed by atoms with Crippen LogP contribution in [-0.2, 0) is 4.74 Å².